The molecule has 0 radical (unpaired) electrons. The highest BCUT2D eigenvalue weighted by Gasteiger charge is 1.98. The average molecular weight is 427 g/mol. The SMILES string of the molecule is O=C(/C=C/C=C/c1ccc(F)cc1)NCCCNC(O)/C=C/CCc1ccc(F)cc1. The Balaban J connectivity index is 1.51. The fourth-order valence-electron chi connectivity index (χ4n) is 2.69. The van der Waals surface area contributed by atoms with Crippen molar-refractivity contribution in [1.82, 2.24) is 10.6 Å². The van der Waals surface area contributed by atoms with E-state index in [0.717, 1.165) is 24.0 Å². The number of aryl methyl sites for hydroxylation is 1. The summed E-state index contributed by atoms with van der Waals surface area (Å²) in [6.07, 6.45) is 11.6. The smallest absolute Gasteiger partial charge is 0.243 e. The van der Waals surface area contributed by atoms with Gasteiger partial charge < -0.3 is 10.4 Å². The Hall–Kier alpha value is -3.09. The monoisotopic (exact) mass is 426 g/mol. The van der Waals surface area contributed by atoms with Crippen LogP contribution in [0.1, 0.15) is 24.0 Å². The van der Waals surface area contributed by atoms with E-state index in [4.69, 9.17) is 0 Å². The maximum absolute atomic E-state index is 12.8. The first-order chi connectivity index (χ1) is 15.0. The van der Waals surface area contributed by atoms with Crippen molar-refractivity contribution in [3.8, 4) is 0 Å². The number of benzene rings is 2. The van der Waals surface area contributed by atoms with Gasteiger partial charge >= 0.3 is 0 Å². The molecule has 4 nitrogen and oxygen atoms in total. The minimum Gasteiger partial charge on any atom is -0.375 e. The fourth-order valence-corrected chi connectivity index (χ4v) is 2.69. The van der Waals surface area contributed by atoms with Crippen LogP contribution >= 0.6 is 0 Å². The van der Waals surface area contributed by atoms with Gasteiger partial charge in [-0.3, -0.25) is 10.1 Å². The number of nitrogens with one attached hydrogen (secondary N) is 2. The van der Waals surface area contributed by atoms with E-state index in [0.29, 0.717) is 19.5 Å². The van der Waals surface area contributed by atoms with Gasteiger partial charge in [-0.25, -0.2) is 8.78 Å². The number of rotatable bonds is 12. The van der Waals surface area contributed by atoms with Gasteiger partial charge in [-0.1, -0.05) is 48.6 Å². The highest BCUT2D eigenvalue weighted by molar-refractivity contribution is 5.87. The summed E-state index contributed by atoms with van der Waals surface area (Å²) in [5, 5.41) is 15.6. The minimum atomic E-state index is -0.750. The molecule has 6 heteroatoms. The number of carbonyl (C=O) groups is 1. The molecule has 0 spiro atoms. The van der Waals surface area contributed by atoms with E-state index < -0.39 is 6.23 Å². The lowest BCUT2D eigenvalue weighted by atomic mass is 10.1. The molecular weight excluding hydrogens is 398 g/mol. The van der Waals surface area contributed by atoms with Gasteiger partial charge in [0.2, 0.25) is 5.91 Å². The van der Waals surface area contributed by atoms with Crippen molar-refractivity contribution in [3.05, 3.63) is 102 Å². The first-order valence-electron chi connectivity index (χ1n) is 10.2. The summed E-state index contributed by atoms with van der Waals surface area (Å²) in [7, 11) is 0. The first kappa shape index (κ1) is 24.2. The van der Waals surface area contributed by atoms with Crippen molar-refractivity contribution in [3.63, 3.8) is 0 Å². The molecule has 0 bridgehead atoms. The number of carbonyl (C=O) groups excluding carboxylic acids is 1. The van der Waals surface area contributed by atoms with Crippen molar-refractivity contribution >= 4 is 12.0 Å². The van der Waals surface area contributed by atoms with Crippen LogP contribution in [0.4, 0.5) is 8.78 Å². The van der Waals surface area contributed by atoms with Crippen molar-refractivity contribution in [2.75, 3.05) is 13.1 Å². The Bertz CT molecular complexity index is 875. The first-order valence-corrected chi connectivity index (χ1v) is 10.2. The van der Waals surface area contributed by atoms with Crippen LogP contribution in [0, 0.1) is 11.6 Å². The molecule has 0 aliphatic heterocycles. The topological polar surface area (TPSA) is 61.4 Å². The van der Waals surface area contributed by atoms with Crippen LogP contribution < -0.4 is 10.6 Å². The predicted molar refractivity (Wildman–Crippen MR) is 120 cm³/mol. The Morgan fingerprint density at radius 1 is 0.968 bits per heavy atom. The molecular formula is C25H28F2N2O2. The zero-order valence-corrected chi connectivity index (χ0v) is 17.3. The molecule has 3 N–H and O–H groups in total. The maximum atomic E-state index is 12.8. The molecule has 2 rings (SSSR count). The molecule has 2 aromatic rings. The number of amides is 1. The molecule has 0 aliphatic carbocycles. The van der Waals surface area contributed by atoms with E-state index in [1.807, 2.05) is 6.08 Å². The molecule has 0 fully saturated rings. The highest BCUT2D eigenvalue weighted by atomic mass is 19.1. The van der Waals surface area contributed by atoms with E-state index in [2.05, 4.69) is 10.6 Å². The van der Waals surface area contributed by atoms with Gasteiger partial charge in [0.05, 0.1) is 0 Å². The van der Waals surface area contributed by atoms with E-state index in [9.17, 15) is 18.7 Å². The number of aliphatic hydroxyl groups is 1. The summed E-state index contributed by atoms with van der Waals surface area (Å²) in [4.78, 5) is 11.7. The summed E-state index contributed by atoms with van der Waals surface area (Å²) in [6, 6.07) is 12.5. The van der Waals surface area contributed by atoms with Gasteiger partial charge in [-0.15, -0.1) is 0 Å². The molecule has 164 valence electrons. The Morgan fingerprint density at radius 3 is 2.35 bits per heavy atom. The number of allylic oxidation sites excluding steroid dienone is 3. The second-order valence-electron chi connectivity index (χ2n) is 6.91. The molecule has 0 saturated heterocycles. The third kappa shape index (κ3) is 11.0. The van der Waals surface area contributed by atoms with E-state index in [-0.39, 0.29) is 17.5 Å². The molecule has 31 heavy (non-hydrogen) atoms. The van der Waals surface area contributed by atoms with Crippen LogP contribution in [0.15, 0.2) is 78.9 Å². The minimum absolute atomic E-state index is 0.204. The number of halogens is 2. The average Bonchev–Trinajstić information content (AvgIpc) is 2.76. The van der Waals surface area contributed by atoms with Gasteiger partial charge in [0.25, 0.3) is 0 Å². The molecule has 0 aliphatic rings. The summed E-state index contributed by atoms with van der Waals surface area (Å²) in [5.74, 6) is -0.734. The summed E-state index contributed by atoms with van der Waals surface area (Å²) < 4.78 is 25.7. The van der Waals surface area contributed by atoms with Crippen LogP contribution in [0.2, 0.25) is 0 Å². The van der Waals surface area contributed by atoms with Crippen molar-refractivity contribution in [2.24, 2.45) is 0 Å². The Morgan fingerprint density at radius 2 is 1.65 bits per heavy atom. The molecule has 2 aromatic carbocycles. The normalized spacial score (nSPS) is 12.7. The van der Waals surface area contributed by atoms with Crippen molar-refractivity contribution in [1.29, 1.82) is 0 Å². The Labute approximate surface area is 182 Å². The van der Waals surface area contributed by atoms with Crippen LogP contribution in [0.25, 0.3) is 6.08 Å². The summed E-state index contributed by atoms with van der Waals surface area (Å²) in [6.45, 7) is 1.04. The van der Waals surface area contributed by atoms with Crippen LogP contribution in [0.3, 0.4) is 0 Å². The predicted octanol–water partition coefficient (Wildman–Crippen LogP) is 4.14. The quantitative estimate of drug-likeness (QED) is 0.157. The van der Waals surface area contributed by atoms with Crippen molar-refractivity contribution in [2.45, 2.75) is 25.5 Å². The molecule has 0 heterocycles. The number of hydrogen-bond acceptors (Lipinski definition) is 3. The molecule has 1 unspecified atom stereocenters. The number of aliphatic hydroxyl groups excluding tert-OH is 1. The lowest BCUT2D eigenvalue weighted by molar-refractivity contribution is -0.116. The van der Waals surface area contributed by atoms with Gasteiger partial charge in [-0.05, 0) is 67.3 Å². The van der Waals surface area contributed by atoms with E-state index in [1.54, 1.807) is 48.6 Å². The van der Waals surface area contributed by atoms with Crippen LogP contribution in [-0.2, 0) is 11.2 Å². The second-order valence-corrected chi connectivity index (χ2v) is 6.91. The molecule has 1 atom stereocenters. The van der Waals surface area contributed by atoms with Gasteiger partial charge in [-0.2, -0.15) is 0 Å². The molecule has 1 amide bonds. The van der Waals surface area contributed by atoms with E-state index in [1.165, 1.54) is 30.3 Å². The zero-order valence-electron chi connectivity index (χ0n) is 17.3. The van der Waals surface area contributed by atoms with Crippen LogP contribution in [-0.4, -0.2) is 30.3 Å². The Kier molecular flexibility index (Phi) is 10.9. The van der Waals surface area contributed by atoms with E-state index >= 15 is 0 Å². The lowest BCUT2D eigenvalue weighted by Gasteiger charge is -2.08. The van der Waals surface area contributed by atoms with Crippen molar-refractivity contribution < 1.29 is 18.7 Å². The number of hydrogen-bond donors (Lipinski definition) is 3. The molecule has 0 saturated carbocycles. The highest BCUT2D eigenvalue weighted by Crippen LogP contribution is 2.06. The third-order valence-corrected chi connectivity index (χ3v) is 4.35. The fraction of sp³-hybridized carbons (Fsp3) is 0.240. The second kappa shape index (κ2) is 14.0. The third-order valence-electron chi connectivity index (χ3n) is 4.35. The maximum Gasteiger partial charge on any atom is 0.243 e. The van der Waals surface area contributed by atoms with Gasteiger partial charge in [0.15, 0.2) is 0 Å². The lowest BCUT2D eigenvalue weighted by Crippen LogP contribution is -2.30. The largest absolute Gasteiger partial charge is 0.375 e. The summed E-state index contributed by atoms with van der Waals surface area (Å²) in [5.41, 5.74) is 1.89. The molecule has 0 aromatic heterocycles. The van der Waals surface area contributed by atoms with Crippen LogP contribution in [0.5, 0.6) is 0 Å². The standard InChI is InChI=1S/C25H28F2N2O2/c26-22-14-10-20(11-15-22)6-1-3-8-24(30)28-18-5-19-29-25(31)9-4-2-7-21-12-16-23(27)17-13-21/h1,3-4,6,8-17,25,29,31H,2,5,7,18-19H2,(H,28,30)/b6-1+,8-3+,9-4+. The van der Waals surface area contributed by atoms with Gasteiger partial charge in [0.1, 0.15) is 17.9 Å². The summed E-state index contributed by atoms with van der Waals surface area (Å²) >= 11 is 0. The zero-order chi connectivity index (χ0) is 22.3. The van der Waals surface area contributed by atoms with Gasteiger partial charge in [0, 0.05) is 12.6 Å².